The average Bonchev–Trinajstić information content (AvgIpc) is 3.36. The molecule has 0 radical (unpaired) electrons. The van der Waals surface area contributed by atoms with E-state index in [1.807, 2.05) is 0 Å². The van der Waals surface area contributed by atoms with E-state index in [1.54, 1.807) is 7.11 Å². The minimum Gasteiger partial charge on any atom is -0.493 e. The van der Waals surface area contributed by atoms with Crippen molar-refractivity contribution in [2.75, 3.05) is 33.8 Å². The molecule has 162 valence electrons. The molecule has 2 fully saturated rings. The summed E-state index contributed by atoms with van der Waals surface area (Å²) in [6.45, 7) is 6.55. The number of rotatable bonds is 8. The zero-order valence-corrected chi connectivity index (χ0v) is 18.7. The van der Waals surface area contributed by atoms with Crippen molar-refractivity contribution in [1.29, 1.82) is 0 Å². The van der Waals surface area contributed by atoms with Crippen molar-refractivity contribution in [3.63, 3.8) is 0 Å². The molecule has 2 aliphatic rings. The minimum atomic E-state index is 0.169. The Balaban J connectivity index is 1.58. The highest BCUT2D eigenvalue weighted by Gasteiger charge is 2.43. The first kappa shape index (κ1) is 21.2. The van der Waals surface area contributed by atoms with E-state index in [0.717, 1.165) is 50.5 Å². The summed E-state index contributed by atoms with van der Waals surface area (Å²) in [7, 11) is 3.80. The number of nitrogens with zero attached hydrogens (tertiary/aromatic N) is 1. The molecule has 1 heterocycles. The molecule has 0 bridgehead atoms. The highest BCUT2D eigenvalue weighted by atomic mass is 16.5. The van der Waals surface area contributed by atoms with Gasteiger partial charge in [0.05, 0.1) is 13.2 Å². The van der Waals surface area contributed by atoms with Gasteiger partial charge in [0, 0.05) is 37.5 Å². The maximum Gasteiger partial charge on any atom is 0.161 e. The molecule has 4 heteroatoms. The fraction of sp³-hybridized carbons (Fsp3) is 0.538. The first-order valence-corrected chi connectivity index (χ1v) is 11.4. The number of ether oxygens (including phenoxy) is 2. The molecule has 1 aliphatic carbocycles. The summed E-state index contributed by atoms with van der Waals surface area (Å²) in [4.78, 5) is 2.60. The van der Waals surface area contributed by atoms with E-state index in [1.165, 1.54) is 24.0 Å². The highest BCUT2D eigenvalue weighted by molar-refractivity contribution is 5.45. The van der Waals surface area contributed by atoms with Gasteiger partial charge in [-0.25, -0.2) is 0 Å². The molecule has 2 atom stereocenters. The van der Waals surface area contributed by atoms with Crippen LogP contribution in [0.1, 0.15) is 49.7 Å². The Hall–Kier alpha value is -2.04. The molecule has 0 amide bonds. The smallest absolute Gasteiger partial charge is 0.161 e. The largest absolute Gasteiger partial charge is 0.493 e. The third-order valence-corrected chi connectivity index (χ3v) is 6.88. The van der Waals surface area contributed by atoms with Crippen molar-refractivity contribution in [3.8, 4) is 11.5 Å². The van der Waals surface area contributed by atoms with Gasteiger partial charge in [-0.1, -0.05) is 43.3 Å². The fourth-order valence-corrected chi connectivity index (χ4v) is 5.40. The van der Waals surface area contributed by atoms with Crippen LogP contribution in [-0.4, -0.2) is 44.8 Å². The summed E-state index contributed by atoms with van der Waals surface area (Å²) < 4.78 is 12.0. The Morgan fingerprint density at radius 2 is 1.83 bits per heavy atom. The number of benzene rings is 2. The van der Waals surface area contributed by atoms with Crippen LogP contribution in [0.5, 0.6) is 11.5 Å². The average molecular weight is 409 g/mol. The monoisotopic (exact) mass is 408 g/mol. The van der Waals surface area contributed by atoms with Crippen LogP contribution >= 0.6 is 0 Å². The number of nitrogens with one attached hydrogen (secondary N) is 1. The molecule has 0 aromatic heterocycles. The van der Waals surface area contributed by atoms with E-state index in [2.05, 4.69) is 72.7 Å². The van der Waals surface area contributed by atoms with Gasteiger partial charge in [-0.15, -0.1) is 0 Å². The second-order valence-electron chi connectivity index (χ2n) is 9.33. The van der Waals surface area contributed by atoms with E-state index in [9.17, 15) is 0 Å². The lowest BCUT2D eigenvalue weighted by Crippen LogP contribution is -2.36. The van der Waals surface area contributed by atoms with Crippen LogP contribution in [0.3, 0.4) is 0 Å². The summed E-state index contributed by atoms with van der Waals surface area (Å²) in [5.74, 6) is 2.21. The van der Waals surface area contributed by atoms with Gasteiger partial charge in [0.2, 0.25) is 0 Å². The third kappa shape index (κ3) is 4.65. The summed E-state index contributed by atoms with van der Waals surface area (Å²) in [5.41, 5.74) is 2.91. The van der Waals surface area contributed by atoms with Crippen molar-refractivity contribution in [1.82, 2.24) is 10.2 Å². The lowest BCUT2D eigenvalue weighted by atomic mass is 9.76. The van der Waals surface area contributed by atoms with E-state index < -0.39 is 0 Å². The molecule has 4 rings (SSSR count). The van der Waals surface area contributed by atoms with Crippen LogP contribution in [0.2, 0.25) is 0 Å². The van der Waals surface area contributed by atoms with Crippen LogP contribution < -0.4 is 14.8 Å². The number of hydrogen-bond acceptors (Lipinski definition) is 4. The van der Waals surface area contributed by atoms with Gasteiger partial charge in [-0.2, -0.15) is 0 Å². The summed E-state index contributed by atoms with van der Waals surface area (Å²) >= 11 is 0. The number of methoxy groups -OCH3 is 1. The maximum atomic E-state index is 6.39. The molecule has 0 spiro atoms. The molecule has 4 nitrogen and oxygen atoms in total. The van der Waals surface area contributed by atoms with Gasteiger partial charge in [-0.05, 0) is 56.0 Å². The van der Waals surface area contributed by atoms with E-state index in [-0.39, 0.29) is 5.41 Å². The Morgan fingerprint density at radius 1 is 1.07 bits per heavy atom. The SMILES string of the molecule is CNCC1(C)CN(Cc2ccccc2)CC1c1ccc(OC)c(OC2CCCC2)c1. The Bertz CT molecular complexity index is 819. The Morgan fingerprint density at radius 3 is 2.53 bits per heavy atom. The maximum absolute atomic E-state index is 6.39. The van der Waals surface area contributed by atoms with E-state index in [4.69, 9.17) is 9.47 Å². The minimum absolute atomic E-state index is 0.169. The van der Waals surface area contributed by atoms with Crippen LogP contribution in [0, 0.1) is 5.41 Å². The Labute approximate surface area is 181 Å². The fourth-order valence-electron chi connectivity index (χ4n) is 5.40. The first-order valence-electron chi connectivity index (χ1n) is 11.4. The predicted octanol–water partition coefficient (Wildman–Crippen LogP) is 4.84. The lowest BCUT2D eigenvalue weighted by molar-refractivity contribution is 0.200. The lowest BCUT2D eigenvalue weighted by Gasteiger charge is -2.31. The quantitative estimate of drug-likeness (QED) is 0.678. The third-order valence-electron chi connectivity index (χ3n) is 6.88. The van der Waals surface area contributed by atoms with Gasteiger partial charge < -0.3 is 14.8 Å². The normalized spacial score (nSPS) is 25.0. The van der Waals surface area contributed by atoms with Gasteiger partial charge in [0.15, 0.2) is 11.5 Å². The Kier molecular flexibility index (Phi) is 6.64. The zero-order chi connectivity index (χ0) is 21.0. The van der Waals surface area contributed by atoms with Crippen molar-refractivity contribution in [2.45, 2.75) is 51.2 Å². The van der Waals surface area contributed by atoms with E-state index >= 15 is 0 Å². The van der Waals surface area contributed by atoms with Crippen molar-refractivity contribution >= 4 is 0 Å². The number of likely N-dealkylation sites (tertiary alicyclic amines) is 1. The van der Waals surface area contributed by atoms with Crippen LogP contribution in [0.15, 0.2) is 48.5 Å². The second kappa shape index (κ2) is 9.40. The van der Waals surface area contributed by atoms with Crippen LogP contribution in [0.25, 0.3) is 0 Å². The van der Waals surface area contributed by atoms with Gasteiger partial charge in [-0.3, -0.25) is 4.90 Å². The van der Waals surface area contributed by atoms with Gasteiger partial charge >= 0.3 is 0 Å². The molecule has 1 saturated carbocycles. The highest BCUT2D eigenvalue weighted by Crippen LogP contribution is 2.45. The molecule has 2 unspecified atom stereocenters. The molecular formula is C26H36N2O2. The van der Waals surface area contributed by atoms with Crippen LogP contribution in [-0.2, 0) is 6.54 Å². The zero-order valence-electron chi connectivity index (χ0n) is 18.7. The molecule has 2 aromatic rings. The number of hydrogen-bond donors (Lipinski definition) is 1. The molecule has 1 N–H and O–H groups in total. The summed E-state index contributed by atoms with van der Waals surface area (Å²) in [5, 5.41) is 3.45. The summed E-state index contributed by atoms with van der Waals surface area (Å²) in [6.07, 6.45) is 5.17. The molecule has 30 heavy (non-hydrogen) atoms. The molecule has 1 saturated heterocycles. The molecular weight excluding hydrogens is 372 g/mol. The van der Waals surface area contributed by atoms with Crippen LogP contribution in [0.4, 0.5) is 0 Å². The molecule has 2 aromatic carbocycles. The van der Waals surface area contributed by atoms with Crippen molar-refractivity contribution < 1.29 is 9.47 Å². The standard InChI is InChI=1S/C26H36N2O2/c1-26(18-27-2)19-28(16-20-9-5-4-6-10-20)17-23(26)21-13-14-24(29-3)25(15-21)30-22-11-7-8-12-22/h4-6,9-10,13-15,22-23,27H,7-8,11-12,16-19H2,1-3H3. The summed E-state index contributed by atoms with van der Waals surface area (Å²) in [6, 6.07) is 17.4. The topological polar surface area (TPSA) is 33.7 Å². The van der Waals surface area contributed by atoms with Crippen molar-refractivity contribution in [3.05, 3.63) is 59.7 Å². The van der Waals surface area contributed by atoms with E-state index in [0.29, 0.717) is 12.0 Å². The molecule has 1 aliphatic heterocycles. The second-order valence-corrected chi connectivity index (χ2v) is 9.33. The van der Waals surface area contributed by atoms with Crippen molar-refractivity contribution in [2.24, 2.45) is 5.41 Å². The predicted molar refractivity (Wildman–Crippen MR) is 122 cm³/mol. The van der Waals surface area contributed by atoms with Gasteiger partial charge in [0.25, 0.3) is 0 Å². The first-order chi connectivity index (χ1) is 14.6. The van der Waals surface area contributed by atoms with Gasteiger partial charge in [0.1, 0.15) is 0 Å².